The third-order valence-corrected chi connectivity index (χ3v) is 11.7. The van der Waals surface area contributed by atoms with E-state index < -0.39 is 5.60 Å². The van der Waals surface area contributed by atoms with Crippen molar-refractivity contribution in [2.24, 2.45) is 40.4 Å². The number of rotatable bonds is 7. The summed E-state index contributed by atoms with van der Waals surface area (Å²) >= 11 is 0. The molecule has 5 heteroatoms. The molecule has 0 bridgehead atoms. The van der Waals surface area contributed by atoms with Gasteiger partial charge in [0, 0.05) is 20.3 Å². The van der Waals surface area contributed by atoms with Crippen molar-refractivity contribution < 1.29 is 24.2 Å². The highest BCUT2D eigenvalue weighted by atomic mass is 16.6. The maximum atomic E-state index is 11.9. The second-order valence-electron chi connectivity index (χ2n) is 14.3. The van der Waals surface area contributed by atoms with Crippen LogP contribution in [0.25, 0.3) is 0 Å². The zero-order valence-electron chi connectivity index (χ0n) is 24.0. The van der Waals surface area contributed by atoms with E-state index in [9.17, 15) is 14.7 Å². The number of ether oxygens (including phenoxy) is 2. The molecule has 0 saturated heterocycles. The molecule has 0 aromatic carbocycles. The molecule has 0 heterocycles. The fourth-order valence-electron chi connectivity index (χ4n) is 10.0. The van der Waals surface area contributed by atoms with Crippen molar-refractivity contribution in [3.8, 4) is 0 Å². The van der Waals surface area contributed by atoms with Gasteiger partial charge in [-0.1, -0.05) is 27.2 Å². The maximum Gasteiger partial charge on any atom is 0.303 e. The molecule has 0 aromatic heterocycles. The van der Waals surface area contributed by atoms with Gasteiger partial charge in [0.2, 0.25) is 0 Å². The van der Waals surface area contributed by atoms with Gasteiger partial charge in [-0.3, -0.25) is 9.59 Å². The minimum absolute atomic E-state index is 0.0696. The molecule has 0 radical (unpaired) electrons. The number of carbonyl (C=O) groups excluding carboxylic acids is 2. The van der Waals surface area contributed by atoms with Crippen LogP contribution in [-0.4, -0.2) is 34.4 Å². The van der Waals surface area contributed by atoms with Crippen LogP contribution in [-0.2, 0) is 19.1 Å². The van der Waals surface area contributed by atoms with Gasteiger partial charge in [-0.15, -0.1) is 0 Å². The Bertz CT molecular complexity index is 837. The molecule has 36 heavy (non-hydrogen) atoms. The lowest BCUT2D eigenvalue weighted by molar-refractivity contribution is -0.224. The van der Waals surface area contributed by atoms with E-state index in [0.717, 1.165) is 50.4 Å². The first kappa shape index (κ1) is 27.9. The van der Waals surface area contributed by atoms with E-state index in [2.05, 4.69) is 20.8 Å². The maximum absolute atomic E-state index is 11.9. The summed E-state index contributed by atoms with van der Waals surface area (Å²) < 4.78 is 11.1. The first-order valence-electron chi connectivity index (χ1n) is 14.8. The summed E-state index contributed by atoms with van der Waals surface area (Å²) in [4.78, 5) is 23.0. The van der Waals surface area contributed by atoms with Crippen molar-refractivity contribution in [3.05, 3.63) is 0 Å². The third-order valence-electron chi connectivity index (χ3n) is 11.7. The second-order valence-corrected chi connectivity index (χ2v) is 14.3. The standard InChI is InChI=1S/C31H52O5/c1-20(9-8-15-28(4,5)36-22(3)33)25-10-11-26-24-13-18-31(34)19-23(35-21(2)32)12-17-30(31,7)27(24)14-16-29(25,26)6/h20,23-27,34H,8-19H2,1-7H3/t20-,23+,24+,25-,26+,27+,29-,30-,31-/m1/s1. The molecular weight excluding hydrogens is 452 g/mol. The smallest absolute Gasteiger partial charge is 0.303 e. The van der Waals surface area contributed by atoms with Crippen LogP contribution in [0.3, 0.4) is 0 Å². The Morgan fingerprint density at radius 1 is 0.972 bits per heavy atom. The minimum atomic E-state index is -0.708. The summed E-state index contributed by atoms with van der Waals surface area (Å²) in [6.07, 6.45) is 12.6. The number of aliphatic hydroxyl groups is 1. The third kappa shape index (κ3) is 4.99. The van der Waals surface area contributed by atoms with E-state index in [1.807, 2.05) is 13.8 Å². The predicted octanol–water partition coefficient (Wildman–Crippen LogP) is 6.84. The Hall–Kier alpha value is -1.10. The van der Waals surface area contributed by atoms with E-state index in [4.69, 9.17) is 9.47 Å². The van der Waals surface area contributed by atoms with Crippen molar-refractivity contribution in [1.29, 1.82) is 0 Å². The average Bonchev–Trinajstić information content (AvgIpc) is 3.10. The van der Waals surface area contributed by atoms with Gasteiger partial charge in [0.25, 0.3) is 0 Å². The Morgan fingerprint density at radius 2 is 1.69 bits per heavy atom. The number of carbonyl (C=O) groups is 2. The number of esters is 2. The summed E-state index contributed by atoms with van der Waals surface area (Å²) in [5.41, 5.74) is -0.762. The van der Waals surface area contributed by atoms with Crippen molar-refractivity contribution in [2.75, 3.05) is 0 Å². The van der Waals surface area contributed by atoms with Crippen LogP contribution >= 0.6 is 0 Å². The zero-order chi connectivity index (χ0) is 26.5. The Balaban J connectivity index is 1.41. The van der Waals surface area contributed by atoms with Gasteiger partial charge >= 0.3 is 11.9 Å². The molecule has 4 aliphatic carbocycles. The second kappa shape index (κ2) is 9.89. The van der Waals surface area contributed by atoms with Crippen molar-refractivity contribution in [2.45, 2.75) is 143 Å². The molecular formula is C31H52O5. The number of hydrogen-bond donors (Lipinski definition) is 1. The van der Waals surface area contributed by atoms with Gasteiger partial charge < -0.3 is 14.6 Å². The van der Waals surface area contributed by atoms with Crippen LogP contribution in [0.4, 0.5) is 0 Å². The van der Waals surface area contributed by atoms with E-state index in [1.165, 1.54) is 46.0 Å². The van der Waals surface area contributed by atoms with E-state index in [0.29, 0.717) is 29.6 Å². The van der Waals surface area contributed by atoms with Crippen LogP contribution in [0.5, 0.6) is 0 Å². The first-order chi connectivity index (χ1) is 16.7. The van der Waals surface area contributed by atoms with E-state index in [1.54, 1.807) is 0 Å². The summed E-state index contributed by atoms with van der Waals surface area (Å²) in [5.74, 6) is 3.06. The van der Waals surface area contributed by atoms with Gasteiger partial charge in [0.15, 0.2) is 0 Å². The fraction of sp³-hybridized carbons (Fsp3) is 0.935. The summed E-state index contributed by atoms with van der Waals surface area (Å²) in [5, 5.41) is 11.9. The topological polar surface area (TPSA) is 72.8 Å². The van der Waals surface area contributed by atoms with Crippen LogP contribution < -0.4 is 0 Å². The SMILES string of the molecule is CC(=O)O[C@H]1CC[C@]2(C)[C@H]3CC[C@]4(C)[C@@H]([C@H](C)CCCC(C)(C)OC(C)=O)CC[C@H]4[C@@H]3CC[C@@]2(O)C1. The predicted molar refractivity (Wildman–Crippen MR) is 141 cm³/mol. The molecule has 0 aromatic rings. The lowest BCUT2D eigenvalue weighted by Crippen LogP contribution is -2.63. The van der Waals surface area contributed by atoms with Crippen LogP contribution in [0, 0.1) is 40.4 Å². The molecule has 5 nitrogen and oxygen atoms in total. The van der Waals surface area contributed by atoms with Crippen molar-refractivity contribution in [3.63, 3.8) is 0 Å². The summed E-state index contributed by atoms with van der Waals surface area (Å²) in [6, 6.07) is 0. The molecule has 1 N–H and O–H groups in total. The van der Waals surface area contributed by atoms with Gasteiger partial charge in [0.05, 0.1) is 5.60 Å². The number of fused-ring (bicyclic) bond motifs is 5. The normalized spacial score (nSPS) is 43.1. The van der Waals surface area contributed by atoms with E-state index in [-0.39, 0.29) is 29.1 Å². The molecule has 0 spiro atoms. The quantitative estimate of drug-likeness (QED) is 0.384. The average molecular weight is 505 g/mol. The van der Waals surface area contributed by atoms with Crippen LogP contribution in [0.1, 0.15) is 126 Å². The highest BCUT2D eigenvalue weighted by Gasteiger charge is 2.65. The molecule has 4 rings (SSSR count). The van der Waals surface area contributed by atoms with Crippen LogP contribution in [0.2, 0.25) is 0 Å². The molecule has 0 aliphatic heterocycles. The lowest BCUT2D eigenvalue weighted by atomic mass is 9.43. The minimum Gasteiger partial charge on any atom is -0.462 e. The molecule has 206 valence electrons. The highest BCUT2D eigenvalue weighted by Crippen LogP contribution is 2.69. The lowest BCUT2D eigenvalue weighted by Gasteiger charge is -2.64. The zero-order valence-corrected chi connectivity index (χ0v) is 24.0. The molecule has 9 atom stereocenters. The fourth-order valence-corrected chi connectivity index (χ4v) is 10.0. The van der Waals surface area contributed by atoms with E-state index >= 15 is 0 Å². The summed E-state index contributed by atoms with van der Waals surface area (Å²) in [7, 11) is 0. The highest BCUT2D eigenvalue weighted by molar-refractivity contribution is 5.66. The molecule has 4 fully saturated rings. The van der Waals surface area contributed by atoms with Crippen molar-refractivity contribution >= 4 is 11.9 Å². The van der Waals surface area contributed by atoms with Crippen LogP contribution in [0.15, 0.2) is 0 Å². The molecule has 0 amide bonds. The van der Waals surface area contributed by atoms with Gasteiger partial charge in [0.1, 0.15) is 11.7 Å². The monoisotopic (exact) mass is 504 g/mol. The summed E-state index contributed by atoms with van der Waals surface area (Å²) in [6.45, 7) is 14.4. The Kier molecular flexibility index (Phi) is 7.67. The molecule has 4 aliphatic rings. The largest absolute Gasteiger partial charge is 0.462 e. The number of hydrogen-bond acceptors (Lipinski definition) is 5. The first-order valence-corrected chi connectivity index (χ1v) is 14.8. The van der Waals surface area contributed by atoms with Gasteiger partial charge in [-0.2, -0.15) is 0 Å². The Labute approximate surface area is 219 Å². The Morgan fingerprint density at radius 3 is 2.36 bits per heavy atom. The van der Waals surface area contributed by atoms with Crippen molar-refractivity contribution in [1.82, 2.24) is 0 Å². The van der Waals surface area contributed by atoms with Gasteiger partial charge in [-0.05, 0) is 118 Å². The molecule has 0 unspecified atom stereocenters. The molecule has 4 saturated carbocycles. The van der Waals surface area contributed by atoms with Gasteiger partial charge in [-0.25, -0.2) is 0 Å².